The normalized spacial score (nSPS) is 13.5. The maximum atomic E-state index is 13.8. The molecular weight excluding hydrogens is 401 g/mol. The fourth-order valence-corrected chi connectivity index (χ4v) is 2.80. The molecule has 5 heteroatoms. The zero-order chi connectivity index (χ0) is 15.5. The second-order valence-corrected chi connectivity index (χ2v) is 6.39. The van der Waals surface area contributed by atoms with Gasteiger partial charge in [-0.2, -0.15) is 0 Å². The van der Waals surface area contributed by atoms with Crippen molar-refractivity contribution in [2.24, 2.45) is 0 Å². The number of benzene rings is 2. The summed E-state index contributed by atoms with van der Waals surface area (Å²) in [6, 6.07) is 13.9. The van der Waals surface area contributed by atoms with Crippen LogP contribution in [0, 0.1) is 5.82 Å². The number of hydrogen-bond donors (Lipinski definition) is 1. The van der Waals surface area contributed by atoms with Crippen LogP contribution in [-0.2, 0) is 5.54 Å². The average molecular weight is 415 g/mol. The highest BCUT2D eigenvalue weighted by molar-refractivity contribution is 9.10. The average Bonchev–Trinajstić information content (AvgIpc) is 2.50. The molecule has 1 atom stereocenters. The maximum Gasteiger partial charge on any atom is 0.255 e. The molecule has 2 aromatic rings. The Morgan fingerprint density at radius 3 is 2.52 bits per heavy atom. The zero-order valence-corrected chi connectivity index (χ0v) is 14.5. The van der Waals surface area contributed by atoms with Crippen molar-refractivity contribution in [1.29, 1.82) is 0 Å². The van der Waals surface area contributed by atoms with Crippen molar-refractivity contribution in [1.82, 2.24) is 5.32 Å². The lowest BCUT2D eigenvalue weighted by Gasteiger charge is -2.29. The molecule has 0 aromatic heterocycles. The van der Waals surface area contributed by atoms with Gasteiger partial charge in [0.05, 0.1) is 11.1 Å². The van der Waals surface area contributed by atoms with Gasteiger partial charge in [0.2, 0.25) is 0 Å². The minimum atomic E-state index is -0.618. The summed E-state index contributed by atoms with van der Waals surface area (Å²) in [4.78, 5) is 12.4. The lowest BCUT2D eigenvalue weighted by molar-refractivity contribution is 0.0910. The van der Waals surface area contributed by atoms with Gasteiger partial charge < -0.3 is 5.32 Å². The fraction of sp³-hybridized carbons (Fsp3) is 0.188. The highest BCUT2D eigenvalue weighted by Gasteiger charge is 2.28. The molecule has 0 aliphatic rings. The largest absolute Gasteiger partial charge is 0.342 e. The van der Waals surface area contributed by atoms with Crippen LogP contribution < -0.4 is 5.32 Å². The quantitative estimate of drug-likeness (QED) is 0.726. The Morgan fingerprint density at radius 2 is 1.90 bits per heavy atom. The monoisotopic (exact) mass is 413 g/mol. The molecule has 2 rings (SSSR count). The number of amides is 1. The Bertz CT molecular complexity index is 648. The molecule has 1 N–H and O–H groups in total. The smallest absolute Gasteiger partial charge is 0.255 e. The molecule has 2 aromatic carbocycles. The molecule has 0 fully saturated rings. The van der Waals surface area contributed by atoms with Crippen LogP contribution in [0.25, 0.3) is 0 Å². The van der Waals surface area contributed by atoms with Gasteiger partial charge in [-0.3, -0.25) is 4.79 Å². The maximum absolute atomic E-state index is 13.8. The van der Waals surface area contributed by atoms with E-state index in [1.165, 1.54) is 12.1 Å². The van der Waals surface area contributed by atoms with Crippen molar-refractivity contribution in [3.05, 3.63) is 69.9 Å². The topological polar surface area (TPSA) is 29.1 Å². The molecule has 0 bridgehead atoms. The second-order valence-electron chi connectivity index (χ2n) is 4.91. The van der Waals surface area contributed by atoms with E-state index in [0.29, 0.717) is 9.80 Å². The van der Waals surface area contributed by atoms with Gasteiger partial charge >= 0.3 is 0 Å². The fourth-order valence-electron chi connectivity index (χ4n) is 1.98. The van der Waals surface area contributed by atoms with Gasteiger partial charge in [-0.05, 0) is 30.7 Å². The summed E-state index contributed by atoms with van der Waals surface area (Å²) in [5, 5.41) is 3.42. The molecule has 0 heterocycles. The number of carbonyl (C=O) groups excluding carboxylic acids is 1. The summed E-state index contributed by atoms with van der Waals surface area (Å²) >= 11 is 6.68. The number of rotatable bonds is 4. The molecule has 0 spiro atoms. The Morgan fingerprint density at radius 1 is 1.24 bits per heavy atom. The van der Waals surface area contributed by atoms with Crippen LogP contribution in [0.1, 0.15) is 22.8 Å². The molecule has 1 amide bonds. The predicted molar refractivity (Wildman–Crippen MR) is 89.2 cm³/mol. The van der Waals surface area contributed by atoms with E-state index in [-0.39, 0.29) is 5.56 Å². The summed E-state index contributed by atoms with van der Waals surface area (Å²) in [6.45, 7) is 1.89. The standard InChI is InChI=1S/C16H14Br2FNO/c1-16(10-17,11-5-3-2-4-6-11)20-15(21)13-9-12(18)7-8-14(13)19/h2-9H,10H2,1H3,(H,20,21). The van der Waals surface area contributed by atoms with E-state index < -0.39 is 17.3 Å². The molecule has 0 radical (unpaired) electrons. The van der Waals surface area contributed by atoms with Crippen LogP contribution in [0.15, 0.2) is 53.0 Å². The van der Waals surface area contributed by atoms with Gasteiger partial charge in [0.1, 0.15) is 5.82 Å². The first-order valence-electron chi connectivity index (χ1n) is 6.35. The molecule has 21 heavy (non-hydrogen) atoms. The van der Waals surface area contributed by atoms with Crippen molar-refractivity contribution in [3.63, 3.8) is 0 Å². The van der Waals surface area contributed by atoms with Gasteiger partial charge in [0.15, 0.2) is 0 Å². The third-order valence-corrected chi connectivity index (χ3v) is 4.86. The van der Waals surface area contributed by atoms with Crippen LogP contribution in [0.2, 0.25) is 0 Å². The summed E-state index contributed by atoms with van der Waals surface area (Å²) in [6.07, 6.45) is 0. The molecule has 110 valence electrons. The zero-order valence-electron chi connectivity index (χ0n) is 11.4. The minimum absolute atomic E-state index is 0.0208. The van der Waals surface area contributed by atoms with Crippen molar-refractivity contribution < 1.29 is 9.18 Å². The van der Waals surface area contributed by atoms with E-state index in [0.717, 1.165) is 5.56 Å². The highest BCUT2D eigenvalue weighted by atomic mass is 79.9. The summed E-state index contributed by atoms with van der Waals surface area (Å²) in [7, 11) is 0. The van der Waals surface area contributed by atoms with Gasteiger partial charge in [-0.15, -0.1) is 0 Å². The Balaban J connectivity index is 2.30. The van der Waals surface area contributed by atoms with Crippen LogP contribution in [0.4, 0.5) is 4.39 Å². The third-order valence-electron chi connectivity index (χ3n) is 3.24. The van der Waals surface area contributed by atoms with Crippen LogP contribution in [-0.4, -0.2) is 11.2 Å². The first kappa shape index (κ1) is 16.2. The number of halogens is 3. The Labute approximate surface area is 140 Å². The molecule has 1 unspecified atom stereocenters. The Kier molecular flexibility index (Phi) is 5.17. The van der Waals surface area contributed by atoms with E-state index in [2.05, 4.69) is 37.2 Å². The van der Waals surface area contributed by atoms with Gasteiger partial charge in [0.25, 0.3) is 5.91 Å². The van der Waals surface area contributed by atoms with Crippen molar-refractivity contribution >= 4 is 37.8 Å². The molecule has 0 aliphatic carbocycles. The summed E-state index contributed by atoms with van der Waals surface area (Å²) in [5.74, 6) is -0.986. The van der Waals surface area contributed by atoms with E-state index >= 15 is 0 Å². The highest BCUT2D eigenvalue weighted by Crippen LogP contribution is 2.24. The SMILES string of the molecule is CC(CBr)(NC(=O)c1cc(Br)ccc1F)c1ccccc1. The van der Waals surface area contributed by atoms with Gasteiger partial charge in [0, 0.05) is 9.80 Å². The van der Waals surface area contributed by atoms with Crippen molar-refractivity contribution in [2.75, 3.05) is 5.33 Å². The minimum Gasteiger partial charge on any atom is -0.342 e. The number of alkyl halides is 1. The Hall–Kier alpha value is -1.20. The van der Waals surface area contributed by atoms with Crippen LogP contribution in [0.5, 0.6) is 0 Å². The first-order valence-corrected chi connectivity index (χ1v) is 8.27. The number of hydrogen-bond acceptors (Lipinski definition) is 1. The van der Waals surface area contributed by atoms with E-state index in [9.17, 15) is 9.18 Å². The van der Waals surface area contributed by atoms with Gasteiger partial charge in [-0.25, -0.2) is 4.39 Å². The lowest BCUT2D eigenvalue weighted by atomic mass is 9.94. The molecule has 0 saturated heterocycles. The summed E-state index contributed by atoms with van der Waals surface area (Å²) < 4.78 is 14.5. The molecule has 0 aliphatic heterocycles. The summed E-state index contributed by atoms with van der Waals surface area (Å²) in [5.41, 5.74) is 0.353. The number of carbonyl (C=O) groups is 1. The van der Waals surface area contributed by atoms with Crippen molar-refractivity contribution in [3.8, 4) is 0 Å². The molecule has 0 saturated carbocycles. The predicted octanol–water partition coefficient (Wildman–Crippen LogP) is 4.63. The molecule has 2 nitrogen and oxygen atoms in total. The second kappa shape index (κ2) is 6.71. The van der Waals surface area contributed by atoms with Crippen LogP contribution >= 0.6 is 31.9 Å². The molecular formula is C16H14Br2FNO. The van der Waals surface area contributed by atoms with Crippen LogP contribution in [0.3, 0.4) is 0 Å². The van der Waals surface area contributed by atoms with E-state index in [4.69, 9.17) is 0 Å². The van der Waals surface area contributed by atoms with E-state index in [1.54, 1.807) is 6.07 Å². The third kappa shape index (κ3) is 3.71. The van der Waals surface area contributed by atoms with Gasteiger partial charge in [-0.1, -0.05) is 62.2 Å². The first-order chi connectivity index (χ1) is 9.96. The van der Waals surface area contributed by atoms with E-state index in [1.807, 2.05) is 37.3 Å². The van der Waals surface area contributed by atoms with Crippen molar-refractivity contribution in [2.45, 2.75) is 12.5 Å². The number of nitrogens with one attached hydrogen (secondary N) is 1. The lowest BCUT2D eigenvalue weighted by Crippen LogP contribution is -2.45.